The van der Waals surface area contributed by atoms with Crippen molar-refractivity contribution in [3.8, 4) is 11.8 Å². The van der Waals surface area contributed by atoms with E-state index in [1.54, 1.807) is 60.7 Å². The molecule has 0 bridgehead atoms. The van der Waals surface area contributed by atoms with Crippen LogP contribution in [-0.2, 0) is 11.4 Å². The highest BCUT2D eigenvalue weighted by Gasteiger charge is 2.10. The van der Waals surface area contributed by atoms with Crippen LogP contribution in [-0.4, -0.2) is 5.91 Å². The third-order valence-electron chi connectivity index (χ3n) is 3.93. The summed E-state index contributed by atoms with van der Waals surface area (Å²) in [6, 6.07) is 21.6. The number of anilines is 1. The fourth-order valence-electron chi connectivity index (χ4n) is 2.53. The number of carbonyl (C=O) groups is 1. The van der Waals surface area contributed by atoms with Gasteiger partial charge in [0, 0.05) is 10.7 Å². The Morgan fingerprint density at radius 2 is 1.86 bits per heavy atom. The van der Waals surface area contributed by atoms with E-state index in [0.717, 1.165) is 0 Å². The summed E-state index contributed by atoms with van der Waals surface area (Å²) in [7, 11) is 0. The van der Waals surface area contributed by atoms with E-state index in [0.29, 0.717) is 27.6 Å². The van der Waals surface area contributed by atoms with Crippen molar-refractivity contribution in [3.63, 3.8) is 0 Å². The first kappa shape index (κ1) is 20.1. The van der Waals surface area contributed by atoms with Crippen LogP contribution >= 0.6 is 11.6 Å². The number of nitrogens with one attached hydrogen (secondary N) is 1. The van der Waals surface area contributed by atoms with E-state index in [4.69, 9.17) is 16.3 Å². The topological polar surface area (TPSA) is 62.1 Å². The molecule has 3 aromatic rings. The van der Waals surface area contributed by atoms with Crippen molar-refractivity contribution < 1.29 is 13.9 Å². The second-order valence-corrected chi connectivity index (χ2v) is 6.56. The van der Waals surface area contributed by atoms with Crippen LogP contribution in [0.2, 0.25) is 5.02 Å². The predicted octanol–water partition coefficient (Wildman–Crippen LogP) is 5.60. The van der Waals surface area contributed by atoms with Crippen molar-refractivity contribution in [1.82, 2.24) is 0 Å². The van der Waals surface area contributed by atoms with Crippen LogP contribution in [0.3, 0.4) is 0 Å². The van der Waals surface area contributed by atoms with Crippen LogP contribution in [0.4, 0.5) is 10.1 Å². The summed E-state index contributed by atoms with van der Waals surface area (Å²) >= 11 is 5.83. The second kappa shape index (κ2) is 9.54. The van der Waals surface area contributed by atoms with E-state index in [-0.39, 0.29) is 18.0 Å². The van der Waals surface area contributed by atoms with Gasteiger partial charge in [0.2, 0.25) is 0 Å². The first-order valence-corrected chi connectivity index (χ1v) is 9.07. The zero-order valence-electron chi connectivity index (χ0n) is 15.2. The van der Waals surface area contributed by atoms with Gasteiger partial charge in [-0.05, 0) is 65.7 Å². The van der Waals surface area contributed by atoms with Crippen LogP contribution in [0, 0.1) is 17.1 Å². The van der Waals surface area contributed by atoms with E-state index in [1.807, 2.05) is 6.07 Å². The fraction of sp³-hybridized carbons (Fsp3) is 0.0435. The predicted molar refractivity (Wildman–Crippen MR) is 111 cm³/mol. The molecule has 1 N–H and O–H groups in total. The number of nitriles is 1. The van der Waals surface area contributed by atoms with Crippen LogP contribution in [0.15, 0.2) is 78.4 Å². The van der Waals surface area contributed by atoms with Gasteiger partial charge in [-0.2, -0.15) is 5.26 Å². The minimum absolute atomic E-state index is 0.0535. The lowest BCUT2D eigenvalue weighted by molar-refractivity contribution is -0.112. The number of rotatable bonds is 6. The maximum absolute atomic E-state index is 13.3. The third-order valence-corrected chi connectivity index (χ3v) is 4.18. The van der Waals surface area contributed by atoms with Gasteiger partial charge in [0.15, 0.2) is 0 Å². The molecule has 3 aromatic carbocycles. The van der Waals surface area contributed by atoms with Gasteiger partial charge in [0.25, 0.3) is 5.91 Å². The van der Waals surface area contributed by atoms with Crippen LogP contribution in [0.5, 0.6) is 5.75 Å². The van der Waals surface area contributed by atoms with Gasteiger partial charge in [0.1, 0.15) is 29.8 Å². The van der Waals surface area contributed by atoms with E-state index in [9.17, 15) is 14.4 Å². The van der Waals surface area contributed by atoms with Gasteiger partial charge in [-0.25, -0.2) is 4.39 Å². The van der Waals surface area contributed by atoms with Crippen molar-refractivity contribution in [1.29, 1.82) is 5.26 Å². The zero-order valence-corrected chi connectivity index (χ0v) is 16.0. The molecular formula is C23H16ClFN2O2. The van der Waals surface area contributed by atoms with E-state index >= 15 is 0 Å². The largest absolute Gasteiger partial charge is 0.489 e. The number of carbonyl (C=O) groups excluding carboxylic acids is 1. The number of amides is 1. The molecule has 1 amide bonds. The maximum Gasteiger partial charge on any atom is 0.266 e. The average molecular weight is 407 g/mol. The lowest BCUT2D eigenvalue weighted by atomic mass is 10.1. The summed E-state index contributed by atoms with van der Waals surface area (Å²) in [5.41, 5.74) is 1.81. The van der Waals surface area contributed by atoms with Gasteiger partial charge < -0.3 is 10.1 Å². The smallest absolute Gasteiger partial charge is 0.266 e. The Morgan fingerprint density at radius 1 is 1.10 bits per heavy atom. The number of halogens is 2. The summed E-state index contributed by atoms with van der Waals surface area (Å²) in [6.45, 7) is 0.201. The van der Waals surface area contributed by atoms with Crippen molar-refractivity contribution in [3.05, 3.63) is 100 Å². The summed E-state index contributed by atoms with van der Waals surface area (Å²) in [5.74, 6) is -0.313. The molecule has 0 saturated carbocycles. The summed E-state index contributed by atoms with van der Waals surface area (Å²) in [4.78, 5) is 12.4. The summed E-state index contributed by atoms with van der Waals surface area (Å²) in [6.07, 6.45) is 1.47. The van der Waals surface area contributed by atoms with Crippen LogP contribution in [0.25, 0.3) is 6.08 Å². The van der Waals surface area contributed by atoms with Crippen molar-refractivity contribution in [2.45, 2.75) is 6.61 Å². The Morgan fingerprint density at radius 3 is 2.59 bits per heavy atom. The van der Waals surface area contributed by atoms with Crippen molar-refractivity contribution in [2.24, 2.45) is 0 Å². The van der Waals surface area contributed by atoms with Crippen molar-refractivity contribution in [2.75, 3.05) is 5.32 Å². The standard InChI is InChI=1S/C23H16ClFN2O2/c24-19-7-9-21(10-8-19)27-23(28)18(14-26)11-16-3-2-6-22(13-16)29-15-17-4-1-5-20(25)12-17/h1-13H,15H2,(H,27,28)/b18-11-. The Kier molecular flexibility index (Phi) is 6.62. The first-order chi connectivity index (χ1) is 14.0. The minimum Gasteiger partial charge on any atom is -0.489 e. The monoisotopic (exact) mass is 406 g/mol. The SMILES string of the molecule is N#C/C(=C/c1cccc(OCc2cccc(F)c2)c1)C(=O)Nc1ccc(Cl)cc1. The Balaban J connectivity index is 1.70. The number of ether oxygens (including phenoxy) is 1. The summed E-state index contributed by atoms with van der Waals surface area (Å²) < 4.78 is 18.9. The molecule has 0 aromatic heterocycles. The molecule has 29 heavy (non-hydrogen) atoms. The van der Waals surface area contributed by atoms with Gasteiger partial charge >= 0.3 is 0 Å². The molecule has 0 aliphatic carbocycles. The molecule has 0 unspecified atom stereocenters. The molecule has 3 rings (SSSR count). The number of hydrogen-bond acceptors (Lipinski definition) is 3. The molecule has 6 heteroatoms. The Labute approximate surface area is 172 Å². The first-order valence-electron chi connectivity index (χ1n) is 8.69. The number of hydrogen-bond donors (Lipinski definition) is 1. The van der Waals surface area contributed by atoms with Crippen molar-refractivity contribution >= 4 is 29.3 Å². The lowest BCUT2D eigenvalue weighted by Gasteiger charge is -2.08. The highest BCUT2D eigenvalue weighted by Crippen LogP contribution is 2.19. The molecule has 0 heterocycles. The molecule has 4 nitrogen and oxygen atoms in total. The van der Waals surface area contributed by atoms with Crippen LogP contribution < -0.4 is 10.1 Å². The molecule has 144 valence electrons. The van der Waals surface area contributed by atoms with Gasteiger partial charge in [-0.1, -0.05) is 35.9 Å². The van der Waals surface area contributed by atoms with E-state index in [1.165, 1.54) is 18.2 Å². The maximum atomic E-state index is 13.3. The molecule has 0 spiro atoms. The molecular weight excluding hydrogens is 391 g/mol. The third kappa shape index (κ3) is 5.93. The molecule has 0 aliphatic rings. The highest BCUT2D eigenvalue weighted by molar-refractivity contribution is 6.30. The van der Waals surface area contributed by atoms with E-state index in [2.05, 4.69) is 5.32 Å². The van der Waals surface area contributed by atoms with E-state index < -0.39 is 5.91 Å². The molecule has 0 aliphatic heterocycles. The average Bonchev–Trinajstić information content (AvgIpc) is 2.72. The van der Waals surface area contributed by atoms with Gasteiger partial charge in [-0.15, -0.1) is 0 Å². The fourth-order valence-corrected chi connectivity index (χ4v) is 2.66. The molecule has 0 atom stereocenters. The Bertz CT molecular complexity index is 1090. The lowest BCUT2D eigenvalue weighted by Crippen LogP contribution is -2.13. The molecule has 0 saturated heterocycles. The second-order valence-electron chi connectivity index (χ2n) is 6.12. The van der Waals surface area contributed by atoms with Crippen LogP contribution in [0.1, 0.15) is 11.1 Å². The molecule has 0 fully saturated rings. The highest BCUT2D eigenvalue weighted by atomic mass is 35.5. The number of benzene rings is 3. The Hall–Kier alpha value is -3.62. The zero-order chi connectivity index (χ0) is 20.6. The quantitative estimate of drug-likeness (QED) is 0.428. The normalized spacial score (nSPS) is 10.9. The van der Waals surface area contributed by atoms with Gasteiger partial charge in [0.05, 0.1) is 0 Å². The summed E-state index contributed by atoms with van der Waals surface area (Å²) in [5, 5.41) is 12.6. The minimum atomic E-state index is -0.527. The molecule has 0 radical (unpaired) electrons. The number of nitrogens with zero attached hydrogens (tertiary/aromatic N) is 1. The van der Waals surface area contributed by atoms with Gasteiger partial charge in [-0.3, -0.25) is 4.79 Å².